The molecule has 38 heavy (non-hydrogen) atoms. The van der Waals surface area contributed by atoms with Gasteiger partial charge in [0.15, 0.2) is 0 Å². The number of fused-ring (bicyclic) bond motifs is 1. The maximum atomic E-state index is 13.2. The molecule has 200 valence electrons. The number of nitrogens with zero attached hydrogens (tertiary/aromatic N) is 2. The third-order valence-corrected chi connectivity index (χ3v) is 9.96. The lowest BCUT2D eigenvalue weighted by Gasteiger charge is -2.27. The molecule has 0 radical (unpaired) electrons. The van der Waals surface area contributed by atoms with E-state index >= 15 is 0 Å². The minimum atomic E-state index is -3.56. The van der Waals surface area contributed by atoms with E-state index in [1.807, 2.05) is 18.2 Å². The zero-order valence-corrected chi connectivity index (χ0v) is 22.9. The maximum Gasteiger partial charge on any atom is 0.341 e. The van der Waals surface area contributed by atoms with Crippen molar-refractivity contribution in [3.63, 3.8) is 0 Å². The van der Waals surface area contributed by atoms with Crippen LogP contribution < -0.4 is 5.32 Å². The number of amides is 1. The molecule has 10 heteroatoms. The molecule has 1 amide bonds. The van der Waals surface area contributed by atoms with Gasteiger partial charge in [-0.25, -0.2) is 13.2 Å². The fourth-order valence-electron chi connectivity index (χ4n) is 4.97. The first kappa shape index (κ1) is 26.6. The fourth-order valence-corrected chi connectivity index (χ4v) is 7.76. The van der Waals surface area contributed by atoms with Crippen LogP contribution in [0, 0.1) is 0 Å². The van der Waals surface area contributed by atoms with Crippen LogP contribution in [0.1, 0.15) is 56.5 Å². The van der Waals surface area contributed by atoms with Crippen molar-refractivity contribution >= 4 is 38.2 Å². The predicted octanol–water partition coefficient (Wildman–Crippen LogP) is 4.52. The summed E-state index contributed by atoms with van der Waals surface area (Å²) < 4.78 is 32.4. The van der Waals surface area contributed by atoms with E-state index in [0.717, 1.165) is 36.4 Å². The number of nitrogens with one attached hydrogen (secondary N) is 1. The van der Waals surface area contributed by atoms with Crippen LogP contribution in [0.4, 0.5) is 5.00 Å². The van der Waals surface area contributed by atoms with Crippen molar-refractivity contribution in [3.8, 4) is 0 Å². The molecule has 3 aromatic rings. The van der Waals surface area contributed by atoms with Gasteiger partial charge >= 0.3 is 5.97 Å². The van der Waals surface area contributed by atoms with Crippen molar-refractivity contribution in [1.82, 2.24) is 9.21 Å². The monoisotopic (exact) mass is 553 g/mol. The predicted molar refractivity (Wildman–Crippen MR) is 147 cm³/mol. The van der Waals surface area contributed by atoms with Gasteiger partial charge in [0, 0.05) is 43.2 Å². The summed E-state index contributed by atoms with van der Waals surface area (Å²) >= 11 is 1.40. The lowest BCUT2D eigenvalue weighted by atomic mass is 10.0. The van der Waals surface area contributed by atoms with Crippen LogP contribution in [-0.4, -0.2) is 55.7 Å². The molecule has 1 saturated heterocycles. The average molecular weight is 554 g/mol. The molecule has 8 nitrogen and oxygen atoms in total. The Hall–Kier alpha value is -3.05. The van der Waals surface area contributed by atoms with Crippen LogP contribution in [0.5, 0.6) is 0 Å². The van der Waals surface area contributed by atoms with Gasteiger partial charge < -0.3 is 10.1 Å². The van der Waals surface area contributed by atoms with Gasteiger partial charge in [-0.2, -0.15) is 4.31 Å². The Morgan fingerprint density at radius 2 is 1.71 bits per heavy atom. The van der Waals surface area contributed by atoms with Gasteiger partial charge in [0.2, 0.25) is 10.0 Å². The average Bonchev–Trinajstić information content (AvgIpc) is 3.58. The Morgan fingerprint density at radius 3 is 2.39 bits per heavy atom. The number of hydrogen-bond acceptors (Lipinski definition) is 7. The van der Waals surface area contributed by atoms with Crippen molar-refractivity contribution < 1.29 is 22.7 Å². The first-order valence-corrected chi connectivity index (χ1v) is 15.1. The highest BCUT2D eigenvalue weighted by Crippen LogP contribution is 2.38. The molecule has 0 atom stereocenters. The second-order valence-corrected chi connectivity index (χ2v) is 12.5. The van der Waals surface area contributed by atoms with E-state index < -0.39 is 21.9 Å². The molecule has 0 unspecified atom stereocenters. The van der Waals surface area contributed by atoms with E-state index in [1.54, 1.807) is 6.92 Å². The first-order valence-electron chi connectivity index (χ1n) is 12.9. The molecule has 0 bridgehead atoms. The highest BCUT2D eigenvalue weighted by molar-refractivity contribution is 7.89. The van der Waals surface area contributed by atoms with Gasteiger partial charge in [-0.15, -0.1) is 11.3 Å². The standard InChI is InChI=1S/C28H31N3O5S2/c1-2-36-28(33)25-23-14-17-30(18-20-8-4-3-5-9-20)19-24(23)37-27(25)29-26(32)21-10-12-22(13-11-21)38(34,35)31-15-6-7-16-31/h3-5,8-13H,2,6-7,14-19H2,1H3,(H,29,32). The Labute approximate surface area is 227 Å². The second kappa shape index (κ2) is 11.4. The number of ether oxygens (including phenoxy) is 1. The van der Waals surface area contributed by atoms with Gasteiger partial charge in [-0.05, 0) is 61.6 Å². The molecule has 2 aliphatic rings. The number of anilines is 1. The Morgan fingerprint density at radius 1 is 1.00 bits per heavy atom. The third-order valence-electron chi connectivity index (χ3n) is 6.91. The molecule has 2 aromatic carbocycles. The molecule has 5 rings (SSSR count). The number of benzene rings is 2. The Balaban J connectivity index is 1.35. The molecule has 1 fully saturated rings. The zero-order valence-electron chi connectivity index (χ0n) is 21.3. The number of carbonyl (C=O) groups is 2. The maximum absolute atomic E-state index is 13.2. The van der Waals surface area contributed by atoms with Crippen molar-refractivity contribution in [3.05, 3.63) is 81.7 Å². The molecular weight excluding hydrogens is 522 g/mol. The largest absolute Gasteiger partial charge is 0.462 e. The number of carbonyl (C=O) groups excluding carboxylic acids is 2. The number of hydrogen-bond donors (Lipinski definition) is 1. The third kappa shape index (κ3) is 5.54. The van der Waals surface area contributed by atoms with E-state index in [1.165, 1.54) is 45.5 Å². The molecule has 1 aromatic heterocycles. The number of rotatable bonds is 8. The highest BCUT2D eigenvalue weighted by Gasteiger charge is 2.30. The molecule has 0 aliphatic carbocycles. The van der Waals surface area contributed by atoms with Crippen LogP contribution in [0.2, 0.25) is 0 Å². The quantitative estimate of drug-likeness (QED) is 0.412. The smallest absolute Gasteiger partial charge is 0.341 e. The summed E-state index contributed by atoms with van der Waals surface area (Å²) in [4.78, 5) is 29.6. The van der Waals surface area contributed by atoms with Gasteiger partial charge in [-0.1, -0.05) is 30.3 Å². The second-order valence-electron chi connectivity index (χ2n) is 9.46. The van der Waals surface area contributed by atoms with Gasteiger partial charge in [-0.3, -0.25) is 9.69 Å². The van der Waals surface area contributed by atoms with Crippen LogP contribution in [-0.2, 0) is 34.3 Å². The normalized spacial score (nSPS) is 16.2. The van der Waals surface area contributed by atoms with Crippen molar-refractivity contribution in [1.29, 1.82) is 0 Å². The van der Waals surface area contributed by atoms with Crippen molar-refractivity contribution in [2.24, 2.45) is 0 Å². The van der Waals surface area contributed by atoms with E-state index in [9.17, 15) is 18.0 Å². The van der Waals surface area contributed by atoms with E-state index in [-0.39, 0.29) is 11.5 Å². The fraction of sp³-hybridized carbons (Fsp3) is 0.357. The Bertz CT molecular complexity index is 1410. The summed E-state index contributed by atoms with van der Waals surface area (Å²) in [5.41, 5.74) is 2.90. The highest BCUT2D eigenvalue weighted by atomic mass is 32.2. The molecule has 1 N–H and O–H groups in total. The van der Waals surface area contributed by atoms with Crippen molar-refractivity contribution in [2.75, 3.05) is 31.6 Å². The minimum Gasteiger partial charge on any atom is -0.462 e. The SMILES string of the molecule is CCOC(=O)c1c(NC(=O)c2ccc(S(=O)(=O)N3CCCC3)cc2)sc2c1CCN(Cc1ccccc1)C2. The molecule has 0 saturated carbocycles. The van der Waals surface area contributed by atoms with Crippen LogP contribution >= 0.6 is 11.3 Å². The van der Waals surface area contributed by atoms with Gasteiger partial charge in [0.1, 0.15) is 5.00 Å². The summed E-state index contributed by atoms with van der Waals surface area (Å²) in [6.07, 6.45) is 2.40. The number of sulfonamides is 1. The van der Waals surface area contributed by atoms with E-state index in [4.69, 9.17) is 4.74 Å². The minimum absolute atomic E-state index is 0.174. The Kier molecular flexibility index (Phi) is 7.94. The molecule has 2 aliphatic heterocycles. The van der Waals surface area contributed by atoms with E-state index in [2.05, 4.69) is 22.3 Å². The molecule has 0 spiro atoms. The van der Waals surface area contributed by atoms with Crippen molar-refractivity contribution in [2.45, 2.75) is 44.2 Å². The number of esters is 1. The number of thiophene rings is 1. The summed E-state index contributed by atoms with van der Waals surface area (Å²) in [5, 5.41) is 3.37. The van der Waals surface area contributed by atoms with Gasteiger partial charge in [0.25, 0.3) is 5.91 Å². The first-order chi connectivity index (χ1) is 18.4. The van der Waals surface area contributed by atoms with Crippen LogP contribution in [0.3, 0.4) is 0 Å². The summed E-state index contributed by atoms with van der Waals surface area (Å²) in [5.74, 6) is -0.843. The lowest BCUT2D eigenvalue weighted by molar-refractivity contribution is 0.0526. The van der Waals surface area contributed by atoms with Crippen LogP contribution in [0.25, 0.3) is 0 Å². The molecule has 3 heterocycles. The summed E-state index contributed by atoms with van der Waals surface area (Å²) in [7, 11) is -3.56. The van der Waals surface area contributed by atoms with Gasteiger partial charge in [0.05, 0.1) is 17.1 Å². The summed E-state index contributed by atoms with van der Waals surface area (Å²) in [6, 6.07) is 16.2. The lowest BCUT2D eigenvalue weighted by Crippen LogP contribution is -2.29. The zero-order chi connectivity index (χ0) is 26.7. The van der Waals surface area contributed by atoms with Crippen LogP contribution in [0.15, 0.2) is 59.5 Å². The summed E-state index contributed by atoms with van der Waals surface area (Å²) in [6.45, 7) is 5.32. The van der Waals surface area contributed by atoms with E-state index in [0.29, 0.717) is 42.2 Å². The topological polar surface area (TPSA) is 96.0 Å². The molecular formula is C28H31N3O5S2.